The molecule has 0 aliphatic carbocycles. The maximum Gasteiger partial charge on any atom is 0.289 e. The number of amides is 1. The molecule has 0 saturated carbocycles. The largest absolute Gasteiger partial charge is 0.300 e. The van der Waals surface area contributed by atoms with E-state index in [1.807, 2.05) is 32.2 Å². The smallest absolute Gasteiger partial charge is 0.289 e. The molecule has 0 unspecified atom stereocenters. The average Bonchev–Trinajstić information content (AvgIpc) is 2.96. The van der Waals surface area contributed by atoms with Gasteiger partial charge in [0.15, 0.2) is 0 Å². The molecular weight excluding hydrogens is 320 g/mol. The van der Waals surface area contributed by atoms with Crippen LogP contribution in [-0.4, -0.2) is 20.9 Å². The summed E-state index contributed by atoms with van der Waals surface area (Å²) in [5.74, 6) is 0.528. The molecule has 2 aromatic rings. The molecule has 1 fully saturated rings. The molecule has 2 heterocycles. The topological polar surface area (TPSA) is 59.3 Å². The molecule has 0 atom stereocenters. The van der Waals surface area contributed by atoms with Crippen molar-refractivity contribution in [2.75, 3.05) is 0 Å². The molecule has 0 spiro atoms. The van der Waals surface area contributed by atoms with Crippen molar-refractivity contribution in [1.82, 2.24) is 15.1 Å². The van der Waals surface area contributed by atoms with Crippen LogP contribution in [0.1, 0.15) is 11.3 Å². The maximum atomic E-state index is 11.7. The molecule has 1 amide bonds. The fourth-order valence-corrected chi connectivity index (χ4v) is 2.90. The van der Waals surface area contributed by atoms with Gasteiger partial charge in [-0.2, -0.15) is 5.10 Å². The highest BCUT2D eigenvalue weighted by Gasteiger charge is 2.24. The first-order chi connectivity index (χ1) is 10.5. The van der Waals surface area contributed by atoms with E-state index in [1.54, 1.807) is 23.0 Å². The van der Waals surface area contributed by atoms with Crippen molar-refractivity contribution in [1.29, 1.82) is 0 Å². The van der Waals surface area contributed by atoms with Crippen molar-refractivity contribution in [3.8, 4) is 0 Å². The molecule has 0 radical (unpaired) electrons. The lowest BCUT2D eigenvalue weighted by Crippen LogP contribution is -2.18. The van der Waals surface area contributed by atoms with Crippen LogP contribution in [0.15, 0.2) is 40.4 Å². The first kappa shape index (κ1) is 14.9. The van der Waals surface area contributed by atoms with Crippen LogP contribution >= 0.6 is 23.4 Å². The fourth-order valence-electron chi connectivity index (χ4n) is 1.99. The van der Waals surface area contributed by atoms with E-state index in [2.05, 4.69) is 15.4 Å². The van der Waals surface area contributed by atoms with Crippen LogP contribution in [0.25, 0.3) is 6.08 Å². The van der Waals surface area contributed by atoms with Crippen molar-refractivity contribution in [2.45, 2.75) is 6.92 Å². The summed E-state index contributed by atoms with van der Waals surface area (Å²) in [5.41, 5.74) is 2.67. The summed E-state index contributed by atoms with van der Waals surface area (Å²) < 4.78 is 1.79. The summed E-state index contributed by atoms with van der Waals surface area (Å²) >= 11 is 7.08. The summed E-state index contributed by atoms with van der Waals surface area (Å²) in [6, 6.07) is 7.18. The summed E-state index contributed by atoms with van der Waals surface area (Å²) in [7, 11) is 1.88. The van der Waals surface area contributed by atoms with Gasteiger partial charge >= 0.3 is 0 Å². The van der Waals surface area contributed by atoms with E-state index >= 15 is 0 Å². The van der Waals surface area contributed by atoms with Crippen LogP contribution in [-0.2, 0) is 7.05 Å². The van der Waals surface area contributed by atoms with E-state index in [9.17, 15) is 4.79 Å². The normalized spacial score (nSPS) is 18.2. The number of rotatable bonds is 2. The Kier molecular flexibility index (Phi) is 4.04. The molecule has 1 aromatic carbocycles. The summed E-state index contributed by atoms with van der Waals surface area (Å²) in [4.78, 5) is 16.9. The molecular formula is C15H13ClN4OS. The molecule has 22 heavy (non-hydrogen) atoms. The van der Waals surface area contributed by atoms with Gasteiger partial charge in [-0.05, 0) is 43.0 Å². The third-order valence-corrected chi connectivity index (χ3v) is 4.32. The van der Waals surface area contributed by atoms with Crippen molar-refractivity contribution >= 4 is 46.2 Å². The predicted octanol–water partition coefficient (Wildman–Crippen LogP) is 3.91. The van der Waals surface area contributed by atoms with Gasteiger partial charge in [0.05, 0.1) is 16.8 Å². The van der Waals surface area contributed by atoms with Crippen LogP contribution in [0, 0.1) is 6.92 Å². The van der Waals surface area contributed by atoms with Gasteiger partial charge in [-0.1, -0.05) is 17.7 Å². The second-order valence-corrected chi connectivity index (χ2v) is 6.22. The summed E-state index contributed by atoms with van der Waals surface area (Å²) in [6.45, 7) is 1.97. The van der Waals surface area contributed by atoms with Gasteiger partial charge in [0.25, 0.3) is 5.24 Å². The SMILES string of the molecule is Cc1c(/C=C2\SC(=O)NC2=Nc2cccc(Cl)c2)cnn1C. The second kappa shape index (κ2) is 5.98. The highest BCUT2D eigenvalue weighted by molar-refractivity contribution is 8.18. The van der Waals surface area contributed by atoms with Gasteiger partial charge in [-0.3, -0.25) is 9.48 Å². The quantitative estimate of drug-likeness (QED) is 0.907. The fraction of sp³-hybridized carbons (Fsp3) is 0.133. The molecule has 112 valence electrons. The van der Waals surface area contributed by atoms with Crippen LogP contribution in [0.2, 0.25) is 5.02 Å². The number of halogens is 1. The van der Waals surface area contributed by atoms with Crippen LogP contribution in [0.5, 0.6) is 0 Å². The van der Waals surface area contributed by atoms with Crippen molar-refractivity contribution < 1.29 is 4.79 Å². The van der Waals surface area contributed by atoms with Crippen molar-refractivity contribution in [3.63, 3.8) is 0 Å². The maximum absolute atomic E-state index is 11.7. The Labute approximate surface area is 137 Å². The standard InChI is InChI=1S/C15H13ClN4OS/c1-9-10(8-17-20(9)2)6-13-14(19-15(21)22-13)18-12-5-3-4-11(16)7-12/h3-8H,1-2H3,(H,18,19,21)/b13-6-. The number of amidine groups is 1. The monoisotopic (exact) mass is 332 g/mol. The number of nitrogens with one attached hydrogen (secondary N) is 1. The predicted molar refractivity (Wildman–Crippen MR) is 90.6 cm³/mol. The number of thioether (sulfide) groups is 1. The minimum absolute atomic E-state index is 0.145. The number of carbonyl (C=O) groups excluding carboxylic acids is 1. The van der Waals surface area contributed by atoms with Crippen molar-refractivity contribution in [2.24, 2.45) is 12.0 Å². The van der Waals surface area contributed by atoms with E-state index < -0.39 is 0 Å². The van der Waals surface area contributed by atoms with Crippen molar-refractivity contribution in [3.05, 3.63) is 51.6 Å². The van der Waals surface area contributed by atoms with Crippen LogP contribution in [0.4, 0.5) is 10.5 Å². The zero-order valence-electron chi connectivity index (χ0n) is 12.0. The van der Waals surface area contributed by atoms with E-state index in [4.69, 9.17) is 11.6 Å². The number of carbonyl (C=O) groups is 1. The minimum atomic E-state index is -0.145. The number of hydrogen-bond donors (Lipinski definition) is 1. The van der Waals surface area contributed by atoms with E-state index in [0.29, 0.717) is 16.5 Å². The molecule has 3 rings (SSSR count). The van der Waals surface area contributed by atoms with Gasteiger partial charge < -0.3 is 5.32 Å². The Balaban J connectivity index is 1.99. The molecule has 1 aromatic heterocycles. The number of aryl methyl sites for hydroxylation is 1. The molecule has 1 saturated heterocycles. The zero-order valence-corrected chi connectivity index (χ0v) is 13.6. The van der Waals surface area contributed by atoms with Gasteiger partial charge in [-0.15, -0.1) is 0 Å². The summed E-state index contributed by atoms with van der Waals surface area (Å²) in [6.07, 6.45) is 3.68. The Morgan fingerprint density at radius 3 is 2.95 bits per heavy atom. The van der Waals surface area contributed by atoms with Crippen LogP contribution < -0.4 is 5.32 Å². The first-order valence-corrected chi connectivity index (χ1v) is 7.76. The third kappa shape index (κ3) is 3.08. The van der Waals surface area contributed by atoms with E-state index in [1.165, 1.54) is 0 Å². The van der Waals surface area contributed by atoms with Crippen LogP contribution in [0.3, 0.4) is 0 Å². The lowest BCUT2D eigenvalue weighted by molar-refractivity contribution is 0.265. The molecule has 1 aliphatic heterocycles. The van der Waals surface area contributed by atoms with Gasteiger partial charge in [0.1, 0.15) is 5.84 Å². The average molecular weight is 333 g/mol. The number of aromatic nitrogens is 2. The Bertz CT molecular complexity index is 810. The molecule has 1 aliphatic rings. The Morgan fingerprint density at radius 2 is 2.27 bits per heavy atom. The summed E-state index contributed by atoms with van der Waals surface area (Å²) in [5, 5.41) is 7.41. The number of aliphatic imine (C=N–C) groups is 1. The lowest BCUT2D eigenvalue weighted by atomic mass is 10.2. The van der Waals surface area contributed by atoms with E-state index in [-0.39, 0.29) is 5.24 Å². The van der Waals surface area contributed by atoms with Gasteiger partial charge in [-0.25, -0.2) is 4.99 Å². The highest BCUT2D eigenvalue weighted by atomic mass is 35.5. The molecule has 7 heteroatoms. The molecule has 1 N–H and O–H groups in total. The minimum Gasteiger partial charge on any atom is -0.300 e. The Morgan fingerprint density at radius 1 is 1.45 bits per heavy atom. The molecule has 0 bridgehead atoms. The second-order valence-electron chi connectivity index (χ2n) is 4.77. The third-order valence-electron chi connectivity index (χ3n) is 3.27. The first-order valence-electron chi connectivity index (χ1n) is 6.56. The lowest BCUT2D eigenvalue weighted by Gasteiger charge is -2.00. The highest BCUT2D eigenvalue weighted by Crippen LogP contribution is 2.29. The number of nitrogens with zero attached hydrogens (tertiary/aromatic N) is 3. The van der Waals surface area contributed by atoms with Gasteiger partial charge in [0, 0.05) is 23.3 Å². The van der Waals surface area contributed by atoms with Gasteiger partial charge in [0.2, 0.25) is 0 Å². The number of hydrogen-bond acceptors (Lipinski definition) is 4. The van der Waals surface area contributed by atoms with E-state index in [0.717, 1.165) is 27.9 Å². The molecule has 5 nitrogen and oxygen atoms in total. The zero-order chi connectivity index (χ0) is 15.7. The Hall–Kier alpha value is -2.05. The number of benzene rings is 1.